The molecule has 260 valence electrons. The Kier molecular flexibility index (Phi) is 8.84. The van der Waals surface area contributed by atoms with Gasteiger partial charge < -0.3 is 9.47 Å². The lowest BCUT2D eigenvalue weighted by Crippen LogP contribution is -2.29. The number of ether oxygens (including phenoxy) is 2. The maximum absolute atomic E-state index is 12.1. The highest BCUT2D eigenvalue weighted by atomic mass is 16.5. The molecule has 0 atom stereocenters. The molecule has 51 heavy (non-hydrogen) atoms. The molecule has 0 saturated heterocycles. The van der Waals surface area contributed by atoms with Crippen LogP contribution < -0.4 is 19.3 Å². The van der Waals surface area contributed by atoms with E-state index in [1.54, 1.807) is 48.5 Å². The zero-order valence-corrected chi connectivity index (χ0v) is 30.2. The second-order valence-electron chi connectivity index (χ2n) is 15.4. The maximum atomic E-state index is 12.1. The molecule has 0 aromatic heterocycles. The maximum Gasteiger partial charge on any atom is 0.258 e. The quantitative estimate of drug-likeness (QED) is 0.172. The van der Waals surface area contributed by atoms with Crippen LogP contribution in [-0.2, 0) is 35.4 Å². The highest BCUT2D eigenvalue weighted by Gasteiger charge is 2.31. The molecule has 0 spiro atoms. The van der Waals surface area contributed by atoms with Crippen LogP contribution in [-0.4, -0.2) is 23.6 Å². The largest absolute Gasteiger partial charge is 0.457 e. The molecule has 2 aliphatic rings. The number of carbonyl (C=O) groups excluding carboxylic acids is 4. The summed E-state index contributed by atoms with van der Waals surface area (Å²) >= 11 is 0. The van der Waals surface area contributed by atoms with Gasteiger partial charge in [-0.25, -0.2) is 9.80 Å². The van der Waals surface area contributed by atoms with Gasteiger partial charge in [-0.3, -0.25) is 19.2 Å². The fraction of sp³-hybridized carbons (Fsp3) is 0.256. The summed E-state index contributed by atoms with van der Waals surface area (Å²) in [5.74, 6) is 1.20. The third kappa shape index (κ3) is 6.99. The van der Waals surface area contributed by atoms with Gasteiger partial charge in [-0.2, -0.15) is 0 Å². The molecule has 2 heterocycles. The summed E-state index contributed by atoms with van der Waals surface area (Å²) in [5.41, 5.74) is 4.45. The number of anilines is 2. The fourth-order valence-corrected chi connectivity index (χ4v) is 6.24. The fourth-order valence-electron chi connectivity index (χ4n) is 6.24. The Morgan fingerprint density at radius 1 is 0.431 bits per heavy atom. The summed E-state index contributed by atoms with van der Waals surface area (Å²) in [4.78, 5) is 50.7. The molecular weight excluding hydrogens is 640 g/mol. The lowest BCUT2D eigenvalue weighted by atomic mass is 9.73. The van der Waals surface area contributed by atoms with Crippen LogP contribution >= 0.6 is 0 Å². The summed E-state index contributed by atoms with van der Waals surface area (Å²) in [7, 11) is 0. The van der Waals surface area contributed by atoms with Crippen molar-refractivity contribution in [3.8, 4) is 23.0 Å². The molecule has 0 bridgehead atoms. The molecule has 6 rings (SSSR count). The van der Waals surface area contributed by atoms with Crippen LogP contribution in [0.2, 0.25) is 0 Å². The van der Waals surface area contributed by atoms with Gasteiger partial charge in [0.15, 0.2) is 0 Å². The Labute approximate surface area is 299 Å². The van der Waals surface area contributed by atoms with Gasteiger partial charge in [0.05, 0.1) is 11.4 Å². The van der Waals surface area contributed by atoms with Crippen LogP contribution in [0.1, 0.15) is 77.6 Å². The average Bonchev–Trinajstić information content (AvgIpc) is 3.59. The Morgan fingerprint density at radius 2 is 0.745 bits per heavy atom. The molecule has 4 amide bonds. The van der Waals surface area contributed by atoms with E-state index in [0.29, 0.717) is 22.9 Å². The van der Waals surface area contributed by atoms with Gasteiger partial charge >= 0.3 is 0 Å². The molecule has 0 aliphatic carbocycles. The van der Waals surface area contributed by atoms with Crippen LogP contribution in [0.3, 0.4) is 0 Å². The number of amides is 4. The Hall–Kier alpha value is -5.76. The first-order valence-electron chi connectivity index (χ1n) is 16.9. The van der Waals surface area contributed by atoms with Gasteiger partial charge in [0.25, 0.3) is 23.6 Å². The standard InChI is InChI=1S/C43H42N2O6/c1-41(2,3)33-25-27(9-19-35(33)50-31-15-11-29(12-16-31)44-37(46)21-22-38(44)47)43(7,8)28-10-20-36(34(26-28)42(4,5)6)51-32-17-13-30(14-18-32)45-39(48)23-24-40(45)49/h9-26H,1-8H3. The SMILES string of the molecule is CC(C)(C)c1cc(C(C)(C)c2ccc(Oc3ccc(N4C(=O)C=CC4=O)cc3)c(C(C)(C)C)c2)ccc1Oc1ccc(N2C(=O)C=CC2=O)cc1. The molecule has 8 heteroatoms. The van der Waals surface area contributed by atoms with Crippen molar-refractivity contribution in [1.82, 2.24) is 0 Å². The lowest BCUT2D eigenvalue weighted by molar-refractivity contribution is -0.121. The van der Waals surface area contributed by atoms with Gasteiger partial charge in [-0.15, -0.1) is 0 Å². The molecule has 0 radical (unpaired) electrons. The smallest absolute Gasteiger partial charge is 0.258 e. The van der Waals surface area contributed by atoms with E-state index in [-0.39, 0.29) is 39.9 Å². The minimum Gasteiger partial charge on any atom is -0.457 e. The van der Waals surface area contributed by atoms with Crippen LogP contribution in [0, 0.1) is 0 Å². The van der Waals surface area contributed by atoms with Crippen molar-refractivity contribution in [1.29, 1.82) is 0 Å². The van der Waals surface area contributed by atoms with Gasteiger partial charge in [-0.05, 0) is 82.6 Å². The Balaban J connectivity index is 1.27. The topological polar surface area (TPSA) is 93.2 Å². The monoisotopic (exact) mass is 682 g/mol. The molecule has 0 fully saturated rings. The summed E-state index contributed by atoms with van der Waals surface area (Å²) in [6.07, 6.45) is 5.06. The minimum atomic E-state index is -0.383. The highest BCUT2D eigenvalue weighted by molar-refractivity contribution is 6.28. The van der Waals surface area contributed by atoms with Gasteiger partial charge in [0.1, 0.15) is 23.0 Å². The number of rotatable bonds is 8. The normalized spacial score (nSPS) is 15.0. The molecular formula is C43H42N2O6. The molecule has 2 aliphatic heterocycles. The molecule has 4 aromatic carbocycles. The number of hydrogen-bond donors (Lipinski definition) is 0. The first kappa shape index (κ1) is 35.1. The molecule has 0 N–H and O–H groups in total. The third-order valence-corrected chi connectivity index (χ3v) is 9.28. The van der Waals surface area contributed by atoms with E-state index >= 15 is 0 Å². The first-order chi connectivity index (χ1) is 23.9. The van der Waals surface area contributed by atoms with E-state index in [2.05, 4.69) is 79.7 Å². The second kappa shape index (κ2) is 12.8. The second-order valence-corrected chi connectivity index (χ2v) is 15.4. The van der Waals surface area contributed by atoms with Crippen molar-refractivity contribution in [2.24, 2.45) is 0 Å². The summed E-state index contributed by atoms with van der Waals surface area (Å²) < 4.78 is 12.8. The van der Waals surface area contributed by atoms with Crippen molar-refractivity contribution in [2.75, 3.05) is 9.80 Å². The number of hydrogen-bond acceptors (Lipinski definition) is 6. The van der Waals surface area contributed by atoms with E-state index in [1.165, 1.54) is 24.3 Å². The average molecular weight is 683 g/mol. The van der Waals surface area contributed by atoms with E-state index in [4.69, 9.17) is 9.47 Å². The Bertz CT molecular complexity index is 1920. The number of nitrogens with zero attached hydrogens (tertiary/aromatic N) is 2. The highest BCUT2D eigenvalue weighted by Crippen LogP contribution is 2.43. The predicted molar refractivity (Wildman–Crippen MR) is 199 cm³/mol. The van der Waals surface area contributed by atoms with E-state index in [9.17, 15) is 19.2 Å². The van der Waals surface area contributed by atoms with Crippen LogP contribution in [0.15, 0.2) is 109 Å². The van der Waals surface area contributed by atoms with Gasteiger partial charge in [0.2, 0.25) is 0 Å². The number of benzene rings is 4. The van der Waals surface area contributed by atoms with Crippen molar-refractivity contribution in [2.45, 2.75) is 71.6 Å². The van der Waals surface area contributed by atoms with Gasteiger partial charge in [-0.1, -0.05) is 79.7 Å². The third-order valence-electron chi connectivity index (χ3n) is 9.28. The van der Waals surface area contributed by atoms with E-state index in [0.717, 1.165) is 43.6 Å². The molecule has 0 unspecified atom stereocenters. The van der Waals surface area contributed by atoms with Crippen LogP contribution in [0.25, 0.3) is 0 Å². The zero-order chi connectivity index (χ0) is 36.9. The van der Waals surface area contributed by atoms with Crippen LogP contribution in [0.4, 0.5) is 11.4 Å². The number of imide groups is 2. The molecule has 8 nitrogen and oxygen atoms in total. The van der Waals surface area contributed by atoms with Crippen molar-refractivity contribution in [3.05, 3.63) is 131 Å². The minimum absolute atomic E-state index is 0.239. The lowest BCUT2D eigenvalue weighted by Gasteiger charge is -2.32. The summed E-state index contributed by atoms with van der Waals surface area (Å²) in [6.45, 7) is 17.3. The zero-order valence-electron chi connectivity index (χ0n) is 30.2. The van der Waals surface area contributed by atoms with Crippen molar-refractivity contribution in [3.63, 3.8) is 0 Å². The van der Waals surface area contributed by atoms with Crippen molar-refractivity contribution < 1.29 is 28.7 Å². The van der Waals surface area contributed by atoms with Crippen LogP contribution in [0.5, 0.6) is 23.0 Å². The Morgan fingerprint density at radius 3 is 1.04 bits per heavy atom. The molecule has 4 aromatic rings. The van der Waals surface area contributed by atoms with Gasteiger partial charge in [0, 0.05) is 40.8 Å². The number of carbonyl (C=O) groups is 4. The summed E-state index contributed by atoms with van der Waals surface area (Å²) in [5, 5.41) is 0. The van der Waals surface area contributed by atoms with E-state index in [1.807, 2.05) is 12.1 Å². The summed E-state index contributed by atoms with van der Waals surface area (Å²) in [6, 6.07) is 26.5. The first-order valence-corrected chi connectivity index (χ1v) is 16.9. The molecule has 0 saturated carbocycles. The van der Waals surface area contributed by atoms with E-state index < -0.39 is 0 Å². The predicted octanol–water partition coefficient (Wildman–Crippen LogP) is 9.05. The van der Waals surface area contributed by atoms with Crippen molar-refractivity contribution >= 4 is 35.0 Å².